The highest BCUT2D eigenvalue weighted by Crippen LogP contribution is 2.14. The summed E-state index contributed by atoms with van der Waals surface area (Å²) in [6.45, 7) is 4.93. The lowest BCUT2D eigenvalue weighted by atomic mass is 10.0. The maximum absolute atomic E-state index is 12.8. The van der Waals surface area contributed by atoms with E-state index in [1.807, 2.05) is 60.9 Å². The van der Waals surface area contributed by atoms with Crippen molar-refractivity contribution in [2.24, 2.45) is 5.92 Å². The number of thioether (sulfide) groups is 1. The van der Waals surface area contributed by atoms with E-state index < -0.39 is 6.09 Å². The van der Waals surface area contributed by atoms with Crippen molar-refractivity contribution in [3.63, 3.8) is 0 Å². The van der Waals surface area contributed by atoms with Gasteiger partial charge in [-0.25, -0.2) is 4.79 Å². The number of benzene rings is 2. The second-order valence-electron chi connectivity index (χ2n) is 8.44. The van der Waals surface area contributed by atoms with Crippen LogP contribution in [0.2, 0.25) is 0 Å². The average molecular weight is 473 g/mol. The first-order valence-corrected chi connectivity index (χ1v) is 12.7. The van der Waals surface area contributed by atoms with Gasteiger partial charge in [0.25, 0.3) is 0 Å². The van der Waals surface area contributed by atoms with Crippen molar-refractivity contribution in [2.45, 2.75) is 45.4 Å². The van der Waals surface area contributed by atoms with Crippen LogP contribution in [0, 0.1) is 5.92 Å². The minimum atomic E-state index is -0.451. The van der Waals surface area contributed by atoms with Gasteiger partial charge >= 0.3 is 6.09 Å². The first-order chi connectivity index (χ1) is 15.9. The molecule has 2 unspecified atom stereocenters. The Morgan fingerprint density at radius 2 is 1.70 bits per heavy atom. The van der Waals surface area contributed by atoms with E-state index in [4.69, 9.17) is 9.47 Å². The van der Waals surface area contributed by atoms with Gasteiger partial charge in [0.05, 0.1) is 18.9 Å². The van der Waals surface area contributed by atoms with Crippen molar-refractivity contribution in [3.05, 3.63) is 65.7 Å². The van der Waals surface area contributed by atoms with Gasteiger partial charge in [-0.1, -0.05) is 56.3 Å². The molecule has 1 amide bonds. The number of carbonyl (C=O) groups excluding carboxylic acids is 2. The number of carbonyl (C=O) groups is 2. The smallest absolute Gasteiger partial charge is 0.407 e. The molecule has 0 spiro atoms. The van der Waals surface area contributed by atoms with Crippen LogP contribution in [0.4, 0.5) is 4.79 Å². The van der Waals surface area contributed by atoms with E-state index in [-0.39, 0.29) is 24.5 Å². The minimum Gasteiger partial charge on any atom is -0.497 e. The fourth-order valence-electron chi connectivity index (χ4n) is 3.52. The number of hydrogen-bond donors (Lipinski definition) is 2. The highest BCUT2D eigenvalue weighted by atomic mass is 32.2. The van der Waals surface area contributed by atoms with Crippen molar-refractivity contribution >= 4 is 23.6 Å². The van der Waals surface area contributed by atoms with Gasteiger partial charge in [-0.3, -0.25) is 4.79 Å². The molecular formula is C26H36N2O4S. The Labute approximate surface area is 201 Å². The third kappa shape index (κ3) is 10.3. The number of amides is 1. The molecule has 6 nitrogen and oxygen atoms in total. The number of rotatable bonds is 14. The average Bonchev–Trinajstić information content (AvgIpc) is 2.81. The Hall–Kier alpha value is -2.51. The number of Topliss-reactive ketones (excluding diaryl/α,β-unsaturated/α-hetero) is 1. The van der Waals surface area contributed by atoms with Gasteiger partial charge in [0.15, 0.2) is 5.78 Å². The van der Waals surface area contributed by atoms with E-state index in [1.54, 1.807) is 7.11 Å². The van der Waals surface area contributed by atoms with E-state index in [1.165, 1.54) is 11.8 Å². The molecule has 2 atom stereocenters. The summed E-state index contributed by atoms with van der Waals surface area (Å²) >= 11 is 1.52. The summed E-state index contributed by atoms with van der Waals surface area (Å²) in [6.07, 6.45) is 2.83. The van der Waals surface area contributed by atoms with Crippen molar-refractivity contribution in [1.82, 2.24) is 10.6 Å². The Morgan fingerprint density at radius 3 is 2.30 bits per heavy atom. The Morgan fingerprint density at radius 1 is 1.00 bits per heavy atom. The highest BCUT2D eigenvalue weighted by Gasteiger charge is 2.22. The molecular weight excluding hydrogens is 436 g/mol. The number of methoxy groups -OCH3 is 1. The zero-order valence-electron chi connectivity index (χ0n) is 20.0. The van der Waals surface area contributed by atoms with Crippen LogP contribution in [0.1, 0.15) is 31.4 Å². The molecule has 0 heterocycles. The summed E-state index contributed by atoms with van der Waals surface area (Å²) in [6, 6.07) is 16.9. The van der Waals surface area contributed by atoms with Crippen LogP contribution in [0.15, 0.2) is 54.6 Å². The predicted octanol–water partition coefficient (Wildman–Crippen LogP) is 4.47. The van der Waals surface area contributed by atoms with Gasteiger partial charge in [0, 0.05) is 12.6 Å². The predicted molar refractivity (Wildman–Crippen MR) is 135 cm³/mol. The zero-order chi connectivity index (χ0) is 24.1. The van der Waals surface area contributed by atoms with Crippen LogP contribution in [0.5, 0.6) is 5.75 Å². The molecule has 0 aliphatic heterocycles. The zero-order valence-corrected chi connectivity index (χ0v) is 20.8. The van der Waals surface area contributed by atoms with E-state index >= 15 is 0 Å². The van der Waals surface area contributed by atoms with Gasteiger partial charge in [0.1, 0.15) is 12.4 Å². The lowest BCUT2D eigenvalue weighted by molar-refractivity contribution is -0.118. The van der Waals surface area contributed by atoms with Crippen molar-refractivity contribution < 1.29 is 19.1 Å². The fourth-order valence-corrected chi connectivity index (χ4v) is 4.00. The summed E-state index contributed by atoms with van der Waals surface area (Å²) < 4.78 is 10.6. The van der Waals surface area contributed by atoms with Crippen molar-refractivity contribution in [3.8, 4) is 5.75 Å². The van der Waals surface area contributed by atoms with Gasteiger partial charge < -0.3 is 20.1 Å². The summed E-state index contributed by atoms with van der Waals surface area (Å²) in [5, 5.41) is 6.37. The van der Waals surface area contributed by atoms with Crippen LogP contribution in [0.3, 0.4) is 0 Å². The molecule has 0 bridgehead atoms. The quantitative estimate of drug-likeness (QED) is 0.423. The third-order valence-electron chi connectivity index (χ3n) is 5.18. The number of alkyl carbamates (subject to hydrolysis) is 1. The van der Waals surface area contributed by atoms with Gasteiger partial charge in [-0.2, -0.15) is 11.8 Å². The highest BCUT2D eigenvalue weighted by molar-refractivity contribution is 7.99. The number of ether oxygens (including phenoxy) is 2. The Bertz CT molecular complexity index is 843. The summed E-state index contributed by atoms with van der Waals surface area (Å²) in [5.41, 5.74) is 1.99. The Kier molecular flexibility index (Phi) is 11.8. The Balaban J connectivity index is 1.97. The summed E-state index contributed by atoms with van der Waals surface area (Å²) in [5.74, 6) is 1.75. The number of hydrogen-bond acceptors (Lipinski definition) is 6. The maximum atomic E-state index is 12.8. The molecule has 2 aromatic rings. The van der Waals surface area contributed by atoms with Gasteiger partial charge in [-0.15, -0.1) is 0 Å². The van der Waals surface area contributed by atoms with Crippen LogP contribution in [-0.4, -0.2) is 49.6 Å². The molecule has 2 rings (SSSR count). The third-order valence-corrected chi connectivity index (χ3v) is 5.75. The molecule has 33 heavy (non-hydrogen) atoms. The molecule has 0 aliphatic rings. The van der Waals surface area contributed by atoms with Gasteiger partial charge in [-0.05, 0) is 48.3 Å². The largest absolute Gasteiger partial charge is 0.497 e. The molecule has 7 heteroatoms. The molecule has 0 aliphatic carbocycles. The van der Waals surface area contributed by atoms with E-state index in [2.05, 4.69) is 24.5 Å². The molecule has 0 fully saturated rings. The second-order valence-corrected chi connectivity index (χ2v) is 9.31. The normalized spacial score (nSPS) is 12.8. The van der Waals surface area contributed by atoms with Crippen LogP contribution in [-0.2, 0) is 22.6 Å². The van der Waals surface area contributed by atoms with Crippen molar-refractivity contribution in [2.75, 3.05) is 25.7 Å². The van der Waals surface area contributed by atoms with E-state index in [0.29, 0.717) is 24.6 Å². The van der Waals surface area contributed by atoms with Crippen LogP contribution >= 0.6 is 11.8 Å². The molecule has 0 aromatic heterocycles. The fraction of sp³-hybridized carbons (Fsp3) is 0.462. The standard InChI is InChI=1S/C26H36N2O4S/c1-19(2)14-22(28-26(30)32-17-21-8-6-5-7-9-21)16-27-24(25(29)18-33-4)15-20-10-12-23(31-3)13-11-20/h5-13,19,22,24,27H,14-18H2,1-4H3,(H,28,30). The van der Waals surface area contributed by atoms with Crippen LogP contribution < -0.4 is 15.4 Å². The summed E-state index contributed by atoms with van der Waals surface area (Å²) in [7, 11) is 1.63. The van der Waals surface area contributed by atoms with Crippen molar-refractivity contribution in [1.29, 1.82) is 0 Å². The van der Waals surface area contributed by atoms with E-state index in [9.17, 15) is 9.59 Å². The maximum Gasteiger partial charge on any atom is 0.407 e. The monoisotopic (exact) mass is 472 g/mol. The molecule has 0 saturated heterocycles. The molecule has 0 radical (unpaired) electrons. The minimum absolute atomic E-state index is 0.145. The van der Waals surface area contributed by atoms with Gasteiger partial charge in [0.2, 0.25) is 0 Å². The van der Waals surface area contributed by atoms with E-state index in [0.717, 1.165) is 23.3 Å². The molecule has 0 saturated carbocycles. The molecule has 2 aromatic carbocycles. The first kappa shape index (κ1) is 26.7. The number of ketones is 1. The number of nitrogens with one attached hydrogen (secondary N) is 2. The topological polar surface area (TPSA) is 76.7 Å². The lowest BCUT2D eigenvalue weighted by Crippen LogP contribution is -2.48. The first-order valence-electron chi connectivity index (χ1n) is 11.3. The SMILES string of the molecule is COc1ccc(CC(NCC(CC(C)C)NC(=O)OCc2ccccc2)C(=O)CSC)cc1. The molecule has 2 N–H and O–H groups in total. The lowest BCUT2D eigenvalue weighted by Gasteiger charge is -2.24. The molecule has 180 valence electrons. The van der Waals surface area contributed by atoms with Crippen LogP contribution in [0.25, 0.3) is 0 Å². The second kappa shape index (κ2) is 14.6. The summed E-state index contributed by atoms with van der Waals surface area (Å²) in [4.78, 5) is 25.2.